The van der Waals surface area contributed by atoms with E-state index in [9.17, 15) is 0 Å². The fourth-order valence-electron chi connectivity index (χ4n) is 0.946. The lowest BCUT2D eigenvalue weighted by Gasteiger charge is -2.03. The first-order valence-electron chi connectivity index (χ1n) is 4.29. The maximum absolute atomic E-state index is 5.65. The van der Waals surface area contributed by atoms with Crippen LogP contribution in [-0.2, 0) is 29.0 Å². The SMILES string of the molecule is COCCOCc1nnc(CCl)n1C. The van der Waals surface area contributed by atoms with Gasteiger partial charge < -0.3 is 14.0 Å². The van der Waals surface area contributed by atoms with Gasteiger partial charge in [-0.3, -0.25) is 0 Å². The largest absolute Gasteiger partial charge is 0.382 e. The third-order valence-electron chi connectivity index (χ3n) is 1.84. The molecule has 1 aromatic rings. The van der Waals surface area contributed by atoms with E-state index in [4.69, 9.17) is 21.1 Å². The van der Waals surface area contributed by atoms with E-state index in [1.54, 1.807) is 7.11 Å². The average Bonchev–Trinajstić information content (AvgIpc) is 2.55. The molecule has 0 bridgehead atoms. The first-order valence-corrected chi connectivity index (χ1v) is 4.82. The number of hydrogen-bond acceptors (Lipinski definition) is 4. The zero-order valence-electron chi connectivity index (χ0n) is 8.36. The molecule has 0 N–H and O–H groups in total. The van der Waals surface area contributed by atoms with Crippen LogP contribution >= 0.6 is 11.6 Å². The molecule has 6 heteroatoms. The van der Waals surface area contributed by atoms with Gasteiger partial charge in [0.2, 0.25) is 0 Å². The van der Waals surface area contributed by atoms with Gasteiger partial charge in [-0.25, -0.2) is 0 Å². The van der Waals surface area contributed by atoms with E-state index in [0.717, 1.165) is 11.6 Å². The quantitative estimate of drug-likeness (QED) is 0.523. The van der Waals surface area contributed by atoms with Gasteiger partial charge >= 0.3 is 0 Å². The van der Waals surface area contributed by atoms with Gasteiger partial charge in [0.25, 0.3) is 0 Å². The standard InChI is InChI=1S/C8H14ClN3O2/c1-12-7(5-9)10-11-8(12)6-14-4-3-13-2/h3-6H2,1-2H3. The Morgan fingerprint density at radius 1 is 1.29 bits per heavy atom. The molecule has 1 rings (SSSR count). The van der Waals surface area contributed by atoms with Gasteiger partial charge in [0.15, 0.2) is 5.82 Å². The molecular weight excluding hydrogens is 206 g/mol. The molecule has 0 saturated heterocycles. The van der Waals surface area contributed by atoms with Crippen molar-refractivity contribution in [3.05, 3.63) is 11.6 Å². The normalized spacial score (nSPS) is 10.8. The molecular formula is C8H14ClN3O2. The number of aromatic nitrogens is 3. The molecule has 0 spiro atoms. The number of methoxy groups -OCH3 is 1. The summed E-state index contributed by atoms with van der Waals surface area (Å²) in [5, 5.41) is 7.85. The highest BCUT2D eigenvalue weighted by molar-refractivity contribution is 6.16. The van der Waals surface area contributed by atoms with Crippen LogP contribution in [0, 0.1) is 0 Å². The molecule has 0 aliphatic heterocycles. The van der Waals surface area contributed by atoms with Crippen molar-refractivity contribution >= 4 is 11.6 Å². The van der Waals surface area contributed by atoms with Gasteiger partial charge in [-0.2, -0.15) is 0 Å². The summed E-state index contributed by atoms with van der Waals surface area (Å²) >= 11 is 5.65. The minimum absolute atomic E-state index is 0.363. The van der Waals surface area contributed by atoms with Gasteiger partial charge in [0.05, 0.1) is 19.1 Å². The molecule has 0 atom stereocenters. The lowest BCUT2D eigenvalue weighted by Crippen LogP contribution is -2.06. The predicted octanol–water partition coefficient (Wildman–Crippen LogP) is 0.717. The van der Waals surface area contributed by atoms with Crippen molar-refractivity contribution < 1.29 is 9.47 Å². The van der Waals surface area contributed by atoms with Crippen LogP contribution in [0.4, 0.5) is 0 Å². The Balaban J connectivity index is 2.39. The summed E-state index contributed by atoms with van der Waals surface area (Å²) < 4.78 is 12.0. The van der Waals surface area contributed by atoms with E-state index in [1.165, 1.54) is 0 Å². The molecule has 0 unspecified atom stereocenters. The highest BCUT2D eigenvalue weighted by Crippen LogP contribution is 2.03. The molecule has 14 heavy (non-hydrogen) atoms. The lowest BCUT2D eigenvalue weighted by molar-refractivity contribution is 0.0575. The van der Waals surface area contributed by atoms with Gasteiger partial charge in [-0.05, 0) is 0 Å². The van der Waals surface area contributed by atoms with E-state index in [0.29, 0.717) is 25.7 Å². The third-order valence-corrected chi connectivity index (χ3v) is 2.08. The van der Waals surface area contributed by atoms with Crippen LogP contribution in [0.15, 0.2) is 0 Å². The van der Waals surface area contributed by atoms with Crippen LogP contribution in [-0.4, -0.2) is 35.1 Å². The van der Waals surface area contributed by atoms with Crippen LogP contribution in [0.2, 0.25) is 0 Å². The average molecular weight is 220 g/mol. The summed E-state index contributed by atoms with van der Waals surface area (Å²) in [5.74, 6) is 1.88. The number of alkyl halides is 1. The van der Waals surface area contributed by atoms with Crippen LogP contribution in [0.3, 0.4) is 0 Å². The van der Waals surface area contributed by atoms with Crippen LogP contribution < -0.4 is 0 Å². The van der Waals surface area contributed by atoms with Gasteiger partial charge in [0, 0.05) is 14.2 Å². The number of hydrogen-bond donors (Lipinski definition) is 0. The van der Waals surface area contributed by atoms with E-state index in [2.05, 4.69) is 10.2 Å². The van der Waals surface area contributed by atoms with E-state index >= 15 is 0 Å². The molecule has 0 amide bonds. The molecule has 0 aromatic carbocycles. The fraction of sp³-hybridized carbons (Fsp3) is 0.750. The fourth-order valence-corrected chi connectivity index (χ4v) is 1.18. The van der Waals surface area contributed by atoms with E-state index in [-0.39, 0.29) is 0 Å². The third kappa shape index (κ3) is 2.94. The van der Waals surface area contributed by atoms with Crippen LogP contribution in [0.25, 0.3) is 0 Å². The topological polar surface area (TPSA) is 49.2 Å². The summed E-state index contributed by atoms with van der Waals surface area (Å²) in [4.78, 5) is 0. The zero-order chi connectivity index (χ0) is 10.4. The summed E-state index contributed by atoms with van der Waals surface area (Å²) in [6.07, 6.45) is 0. The van der Waals surface area contributed by atoms with E-state index < -0.39 is 0 Å². The number of ether oxygens (including phenoxy) is 2. The Labute approximate surface area is 88.0 Å². The summed E-state index contributed by atoms with van der Waals surface area (Å²) in [6, 6.07) is 0. The number of halogens is 1. The molecule has 1 aromatic heterocycles. The maximum atomic E-state index is 5.65. The van der Waals surface area contributed by atoms with Crippen molar-refractivity contribution in [2.75, 3.05) is 20.3 Å². The number of nitrogens with zero attached hydrogens (tertiary/aromatic N) is 3. The second kappa shape index (κ2) is 5.95. The molecule has 1 heterocycles. The van der Waals surface area contributed by atoms with Crippen LogP contribution in [0.5, 0.6) is 0 Å². The number of rotatable bonds is 6. The smallest absolute Gasteiger partial charge is 0.158 e. The first-order chi connectivity index (χ1) is 6.79. The molecule has 0 aliphatic carbocycles. The Hall–Kier alpha value is -0.650. The van der Waals surface area contributed by atoms with E-state index in [1.807, 2.05) is 11.6 Å². The van der Waals surface area contributed by atoms with Crippen molar-refractivity contribution in [3.8, 4) is 0 Å². The van der Waals surface area contributed by atoms with Crippen LogP contribution in [0.1, 0.15) is 11.6 Å². The zero-order valence-corrected chi connectivity index (χ0v) is 9.12. The molecule has 0 aliphatic rings. The second-order valence-corrected chi connectivity index (χ2v) is 3.04. The van der Waals surface area contributed by atoms with Crippen molar-refractivity contribution in [1.29, 1.82) is 0 Å². The maximum Gasteiger partial charge on any atom is 0.158 e. The minimum atomic E-state index is 0.363. The Morgan fingerprint density at radius 3 is 2.57 bits per heavy atom. The Morgan fingerprint density at radius 2 is 2.00 bits per heavy atom. The summed E-state index contributed by atoms with van der Waals surface area (Å²) in [6.45, 7) is 1.57. The molecule has 5 nitrogen and oxygen atoms in total. The highest BCUT2D eigenvalue weighted by atomic mass is 35.5. The van der Waals surface area contributed by atoms with Crippen molar-refractivity contribution in [1.82, 2.24) is 14.8 Å². The summed E-state index contributed by atoms with van der Waals surface area (Å²) in [5.41, 5.74) is 0. The van der Waals surface area contributed by atoms with Gasteiger partial charge in [-0.1, -0.05) is 0 Å². The minimum Gasteiger partial charge on any atom is -0.382 e. The Kier molecular flexibility index (Phi) is 4.86. The van der Waals surface area contributed by atoms with Crippen molar-refractivity contribution in [2.45, 2.75) is 12.5 Å². The van der Waals surface area contributed by atoms with Gasteiger partial charge in [-0.15, -0.1) is 21.8 Å². The predicted molar refractivity (Wildman–Crippen MR) is 52.1 cm³/mol. The molecule has 0 radical (unpaired) electrons. The first kappa shape index (κ1) is 11.4. The molecule has 80 valence electrons. The Bertz CT molecular complexity index is 278. The summed E-state index contributed by atoms with van der Waals surface area (Å²) in [7, 11) is 3.50. The highest BCUT2D eigenvalue weighted by Gasteiger charge is 2.06. The molecule has 0 fully saturated rings. The van der Waals surface area contributed by atoms with Crippen molar-refractivity contribution in [3.63, 3.8) is 0 Å². The lowest BCUT2D eigenvalue weighted by atomic mass is 10.6. The second-order valence-electron chi connectivity index (χ2n) is 2.77. The molecule has 0 saturated carbocycles. The van der Waals surface area contributed by atoms with Crippen molar-refractivity contribution in [2.24, 2.45) is 7.05 Å². The van der Waals surface area contributed by atoms with Gasteiger partial charge in [0.1, 0.15) is 12.4 Å². The monoisotopic (exact) mass is 219 g/mol.